The van der Waals surface area contributed by atoms with Gasteiger partial charge in [0.25, 0.3) is 0 Å². The second kappa shape index (κ2) is 9.48. The molecule has 2 aromatic heterocycles. The van der Waals surface area contributed by atoms with E-state index in [4.69, 9.17) is 9.47 Å². The highest BCUT2D eigenvalue weighted by Gasteiger charge is 2.12. The van der Waals surface area contributed by atoms with E-state index in [1.54, 1.807) is 18.7 Å². The minimum Gasteiger partial charge on any atom is -0.497 e. The van der Waals surface area contributed by atoms with Crippen molar-refractivity contribution in [1.82, 2.24) is 25.1 Å². The second-order valence-corrected chi connectivity index (χ2v) is 7.56. The molecule has 8 nitrogen and oxygen atoms in total. The van der Waals surface area contributed by atoms with Gasteiger partial charge >= 0.3 is 0 Å². The Bertz CT molecular complexity index is 1210. The number of amides is 1. The molecule has 0 atom stereocenters. The molecule has 158 valence electrons. The van der Waals surface area contributed by atoms with Crippen molar-refractivity contribution in [3.05, 3.63) is 66.2 Å². The van der Waals surface area contributed by atoms with E-state index in [2.05, 4.69) is 20.6 Å². The number of carbonyl (C=O) groups is 1. The van der Waals surface area contributed by atoms with Crippen LogP contribution in [0.3, 0.4) is 0 Å². The number of fused-ring (bicyclic) bond motifs is 1. The molecule has 0 unspecified atom stereocenters. The van der Waals surface area contributed by atoms with Crippen LogP contribution in [-0.4, -0.2) is 45.7 Å². The average Bonchev–Trinajstić information content (AvgIpc) is 3.23. The molecule has 0 radical (unpaired) electrons. The predicted octanol–water partition coefficient (Wildman–Crippen LogP) is 3.22. The summed E-state index contributed by atoms with van der Waals surface area (Å²) in [6.07, 6.45) is 0. The summed E-state index contributed by atoms with van der Waals surface area (Å²) in [5, 5.41) is 16.4. The third-order valence-corrected chi connectivity index (χ3v) is 5.48. The molecule has 1 amide bonds. The number of thioether (sulfide) groups is 1. The summed E-state index contributed by atoms with van der Waals surface area (Å²) in [4.78, 5) is 12.3. The van der Waals surface area contributed by atoms with Crippen LogP contribution in [-0.2, 0) is 11.3 Å². The Labute approximate surface area is 183 Å². The largest absolute Gasteiger partial charge is 0.497 e. The molecule has 0 bridgehead atoms. The molecule has 0 fully saturated rings. The molecule has 2 heterocycles. The Morgan fingerprint density at radius 1 is 1.00 bits per heavy atom. The summed E-state index contributed by atoms with van der Waals surface area (Å²) in [6.45, 7) is 0.426. The van der Waals surface area contributed by atoms with Gasteiger partial charge in [-0.15, -0.1) is 10.2 Å². The molecule has 0 aliphatic heterocycles. The first-order valence-electron chi connectivity index (χ1n) is 9.55. The zero-order chi connectivity index (χ0) is 21.6. The van der Waals surface area contributed by atoms with Crippen molar-refractivity contribution in [3.8, 4) is 22.8 Å². The monoisotopic (exact) mass is 435 g/mol. The Morgan fingerprint density at radius 2 is 1.77 bits per heavy atom. The zero-order valence-electron chi connectivity index (χ0n) is 17.1. The van der Waals surface area contributed by atoms with E-state index in [-0.39, 0.29) is 11.7 Å². The van der Waals surface area contributed by atoms with E-state index in [1.165, 1.54) is 11.8 Å². The summed E-state index contributed by atoms with van der Waals surface area (Å²) >= 11 is 1.28. The van der Waals surface area contributed by atoms with Crippen molar-refractivity contribution >= 4 is 23.3 Å². The molecule has 4 rings (SSSR count). The van der Waals surface area contributed by atoms with Gasteiger partial charge in [0.1, 0.15) is 11.5 Å². The maximum Gasteiger partial charge on any atom is 0.230 e. The summed E-state index contributed by atoms with van der Waals surface area (Å²) in [7, 11) is 3.24. The number of nitrogens with one attached hydrogen (secondary N) is 1. The summed E-state index contributed by atoms with van der Waals surface area (Å²) in [5.74, 6) is 1.61. The fourth-order valence-electron chi connectivity index (χ4n) is 2.96. The number of rotatable bonds is 8. The van der Waals surface area contributed by atoms with Crippen molar-refractivity contribution < 1.29 is 14.3 Å². The number of ether oxygens (including phenoxy) is 2. The highest BCUT2D eigenvalue weighted by Crippen LogP contribution is 2.23. The second-order valence-electron chi connectivity index (χ2n) is 6.62. The van der Waals surface area contributed by atoms with Crippen LogP contribution in [0.1, 0.15) is 5.56 Å². The first-order chi connectivity index (χ1) is 15.2. The SMILES string of the molecule is COc1cccc(CNC(=O)CSc2nnc3ccc(-c4cccc(OC)c4)nn23)c1. The van der Waals surface area contributed by atoms with Crippen molar-refractivity contribution in [1.29, 1.82) is 0 Å². The highest BCUT2D eigenvalue weighted by atomic mass is 32.2. The van der Waals surface area contributed by atoms with Crippen LogP contribution in [0.5, 0.6) is 11.5 Å². The number of hydrogen-bond acceptors (Lipinski definition) is 7. The van der Waals surface area contributed by atoms with Gasteiger partial charge in [-0.3, -0.25) is 4.79 Å². The molecule has 0 spiro atoms. The average molecular weight is 436 g/mol. The van der Waals surface area contributed by atoms with Crippen LogP contribution < -0.4 is 14.8 Å². The van der Waals surface area contributed by atoms with Gasteiger partial charge in [0.15, 0.2) is 5.65 Å². The summed E-state index contributed by atoms with van der Waals surface area (Å²) in [6, 6.07) is 19.0. The van der Waals surface area contributed by atoms with E-state index in [1.807, 2.05) is 60.7 Å². The number of methoxy groups -OCH3 is 2. The van der Waals surface area contributed by atoms with Gasteiger partial charge in [-0.2, -0.15) is 9.61 Å². The van der Waals surface area contributed by atoms with E-state index in [0.717, 1.165) is 28.3 Å². The summed E-state index contributed by atoms with van der Waals surface area (Å²) < 4.78 is 12.1. The smallest absolute Gasteiger partial charge is 0.230 e. The third-order valence-electron chi connectivity index (χ3n) is 4.56. The van der Waals surface area contributed by atoms with E-state index >= 15 is 0 Å². The normalized spacial score (nSPS) is 10.8. The lowest BCUT2D eigenvalue weighted by molar-refractivity contribution is -0.118. The van der Waals surface area contributed by atoms with Crippen LogP contribution in [0.15, 0.2) is 65.8 Å². The quantitative estimate of drug-likeness (QED) is 0.425. The van der Waals surface area contributed by atoms with E-state index in [0.29, 0.717) is 17.3 Å². The highest BCUT2D eigenvalue weighted by molar-refractivity contribution is 7.99. The lowest BCUT2D eigenvalue weighted by Crippen LogP contribution is -2.24. The number of hydrogen-bond donors (Lipinski definition) is 1. The van der Waals surface area contributed by atoms with Crippen molar-refractivity contribution in [2.75, 3.05) is 20.0 Å². The van der Waals surface area contributed by atoms with Gasteiger partial charge in [-0.05, 0) is 42.0 Å². The molecule has 31 heavy (non-hydrogen) atoms. The molecule has 2 aromatic carbocycles. The zero-order valence-corrected chi connectivity index (χ0v) is 17.9. The lowest BCUT2D eigenvalue weighted by atomic mass is 10.1. The Balaban J connectivity index is 1.42. The molecule has 0 saturated heterocycles. The van der Waals surface area contributed by atoms with Gasteiger partial charge in [-0.1, -0.05) is 36.0 Å². The van der Waals surface area contributed by atoms with Crippen molar-refractivity contribution in [2.24, 2.45) is 0 Å². The predicted molar refractivity (Wildman–Crippen MR) is 118 cm³/mol. The third kappa shape index (κ3) is 4.95. The van der Waals surface area contributed by atoms with E-state index < -0.39 is 0 Å². The molecule has 4 aromatic rings. The van der Waals surface area contributed by atoms with Gasteiger partial charge in [0.2, 0.25) is 11.1 Å². The summed E-state index contributed by atoms with van der Waals surface area (Å²) in [5.41, 5.74) is 3.26. The first kappa shape index (κ1) is 20.7. The molecular formula is C22H21N5O3S. The Hall–Kier alpha value is -3.59. The van der Waals surface area contributed by atoms with Gasteiger partial charge in [0.05, 0.1) is 25.7 Å². The van der Waals surface area contributed by atoms with Crippen LogP contribution in [0.25, 0.3) is 16.9 Å². The Kier molecular flexibility index (Phi) is 6.32. The van der Waals surface area contributed by atoms with E-state index in [9.17, 15) is 4.79 Å². The van der Waals surface area contributed by atoms with Crippen LogP contribution in [0.2, 0.25) is 0 Å². The van der Waals surface area contributed by atoms with Crippen molar-refractivity contribution in [2.45, 2.75) is 11.7 Å². The van der Waals surface area contributed by atoms with Gasteiger partial charge < -0.3 is 14.8 Å². The van der Waals surface area contributed by atoms with Crippen LogP contribution >= 0.6 is 11.8 Å². The Morgan fingerprint density at radius 3 is 2.58 bits per heavy atom. The topological polar surface area (TPSA) is 90.6 Å². The molecule has 0 saturated carbocycles. The molecule has 1 N–H and O–H groups in total. The molecule has 0 aliphatic rings. The molecular weight excluding hydrogens is 414 g/mol. The molecule has 0 aliphatic carbocycles. The number of benzene rings is 2. The fraction of sp³-hybridized carbons (Fsp3) is 0.182. The van der Waals surface area contributed by atoms with Gasteiger partial charge in [-0.25, -0.2) is 0 Å². The maximum atomic E-state index is 12.3. The van der Waals surface area contributed by atoms with Crippen molar-refractivity contribution in [3.63, 3.8) is 0 Å². The lowest BCUT2D eigenvalue weighted by Gasteiger charge is -2.07. The standard InChI is InChI=1S/C22H21N5O3S/c1-29-17-7-3-5-15(11-17)13-23-21(28)14-31-22-25-24-20-10-9-19(26-27(20)22)16-6-4-8-18(12-16)30-2/h3-12H,13-14H2,1-2H3,(H,23,28). The minimum atomic E-state index is -0.103. The van der Waals surface area contributed by atoms with Crippen LogP contribution in [0, 0.1) is 0 Å². The number of aromatic nitrogens is 4. The minimum absolute atomic E-state index is 0.103. The number of carbonyl (C=O) groups excluding carboxylic acids is 1. The maximum absolute atomic E-state index is 12.3. The number of nitrogens with zero attached hydrogens (tertiary/aromatic N) is 4. The van der Waals surface area contributed by atoms with Gasteiger partial charge in [0, 0.05) is 12.1 Å². The molecule has 9 heteroatoms. The first-order valence-corrected chi connectivity index (χ1v) is 10.5. The van der Waals surface area contributed by atoms with Crippen LogP contribution in [0.4, 0.5) is 0 Å². The fourth-order valence-corrected chi connectivity index (χ4v) is 3.68.